The van der Waals surface area contributed by atoms with Gasteiger partial charge in [0, 0.05) is 43.6 Å². The van der Waals surface area contributed by atoms with Crippen LogP contribution >= 0.6 is 0 Å². The summed E-state index contributed by atoms with van der Waals surface area (Å²) in [4.78, 5) is 13.8. The van der Waals surface area contributed by atoms with Gasteiger partial charge in [-0.1, -0.05) is 0 Å². The van der Waals surface area contributed by atoms with Crippen molar-refractivity contribution in [3.63, 3.8) is 0 Å². The maximum Gasteiger partial charge on any atom is 0.225 e. The Balaban J connectivity index is 1.95. The van der Waals surface area contributed by atoms with E-state index in [9.17, 15) is 0 Å². The zero-order valence-corrected chi connectivity index (χ0v) is 13.2. The number of aromatic nitrogens is 2. The highest BCUT2D eigenvalue weighted by Gasteiger charge is 2.21. The van der Waals surface area contributed by atoms with Crippen LogP contribution in [0.15, 0.2) is 6.20 Å². The Hall–Kier alpha value is -1.20. The lowest BCUT2D eigenvalue weighted by Gasteiger charge is -2.33. The molecule has 1 aliphatic rings. The lowest BCUT2D eigenvalue weighted by Crippen LogP contribution is -2.38. The predicted molar refractivity (Wildman–Crippen MR) is 83.0 cm³/mol. The molecule has 112 valence electrons. The van der Waals surface area contributed by atoms with E-state index in [4.69, 9.17) is 0 Å². The predicted octanol–water partition coefficient (Wildman–Crippen LogP) is 1.28. The van der Waals surface area contributed by atoms with E-state index in [1.54, 1.807) is 0 Å². The number of anilines is 1. The van der Waals surface area contributed by atoms with Crippen molar-refractivity contribution >= 4 is 5.95 Å². The normalized spacial score (nSPS) is 16.9. The molecule has 5 nitrogen and oxygen atoms in total. The van der Waals surface area contributed by atoms with Crippen LogP contribution in [0.3, 0.4) is 0 Å². The van der Waals surface area contributed by atoms with Crippen LogP contribution in [0.2, 0.25) is 0 Å². The number of piperidine rings is 1. The molecule has 1 saturated heterocycles. The van der Waals surface area contributed by atoms with Crippen molar-refractivity contribution in [3.05, 3.63) is 17.5 Å². The van der Waals surface area contributed by atoms with Crippen molar-refractivity contribution in [3.8, 4) is 0 Å². The molecular weight excluding hydrogens is 250 g/mol. The standard InChI is InChI=1S/C15H27N5/c1-12-14(9-16-2)10-17-15(18-12)20-7-5-13(6-8-20)11-19(3)4/h10,13,16H,5-9,11H2,1-4H3. The van der Waals surface area contributed by atoms with E-state index in [1.165, 1.54) is 24.9 Å². The number of hydrogen-bond acceptors (Lipinski definition) is 5. The van der Waals surface area contributed by atoms with E-state index >= 15 is 0 Å². The van der Waals surface area contributed by atoms with Crippen molar-refractivity contribution in [1.82, 2.24) is 20.2 Å². The second-order valence-electron chi connectivity index (χ2n) is 6.00. The largest absolute Gasteiger partial charge is 0.341 e. The highest BCUT2D eigenvalue weighted by molar-refractivity contribution is 5.33. The summed E-state index contributed by atoms with van der Waals surface area (Å²) < 4.78 is 0. The van der Waals surface area contributed by atoms with E-state index in [0.29, 0.717) is 0 Å². The molecule has 1 N–H and O–H groups in total. The molecule has 0 spiro atoms. The number of hydrogen-bond donors (Lipinski definition) is 1. The Morgan fingerprint density at radius 3 is 2.60 bits per heavy atom. The molecule has 0 atom stereocenters. The summed E-state index contributed by atoms with van der Waals surface area (Å²) in [6, 6.07) is 0. The van der Waals surface area contributed by atoms with Gasteiger partial charge in [-0.15, -0.1) is 0 Å². The molecule has 1 fully saturated rings. The molecule has 2 rings (SSSR count). The van der Waals surface area contributed by atoms with Gasteiger partial charge in [0.05, 0.1) is 0 Å². The zero-order chi connectivity index (χ0) is 14.5. The molecule has 0 bridgehead atoms. The van der Waals surface area contributed by atoms with E-state index in [0.717, 1.165) is 37.2 Å². The van der Waals surface area contributed by atoms with Gasteiger partial charge in [-0.2, -0.15) is 0 Å². The molecule has 1 aromatic heterocycles. The summed E-state index contributed by atoms with van der Waals surface area (Å²) in [7, 11) is 6.25. The Labute approximate surface area is 122 Å². The third-order valence-electron chi connectivity index (χ3n) is 3.96. The summed E-state index contributed by atoms with van der Waals surface area (Å²) in [5.74, 6) is 1.71. The van der Waals surface area contributed by atoms with Gasteiger partial charge in [-0.05, 0) is 46.8 Å². The fourth-order valence-corrected chi connectivity index (χ4v) is 2.83. The smallest absolute Gasteiger partial charge is 0.225 e. The molecule has 0 amide bonds. The van der Waals surface area contributed by atoms with E-state index in [1.807, 2.05) is 13.2 Å². The lowest BCUT2D eigenvalue weighted by atomic mass is 9.97. The molecule has 0 aromatic carbocycles. The SMILES string of the molecule is CNCc1cnc(N2CCC(CN(C)C)CC2)nc1C. The number of nitrogens with zero attached hydrogens (tertiary/aromatic N) is 4. The molecule has 20 heavy (non-hydrogen) atoms. The molecule has 5 heteroatoms. The van der Waals surface area contributed by atoms with E-state index < -0.39 is 0 Å². The fraction of sp³-hybridized carbons (Fsp3) is 0.733. The van der Waals surface area contributed by atoms with Gasteiger partial charge in [-0.25, -0.2) is 9.97 Å². The minimum atomic E-state index is 0.811. The van der Waals surface area contributed by atoms with Gasteiger partial charge in [-0.3, -0.25) is 0 Å². The first-order valence-electron chi connectivity index (χ1n) is 7.47. The van der Waals surface area contributed by atoms with Gasteiger partial charge >= 0.3 is 0 Å². The van der Waals surface area contributed by atoms with Gasteiger partial charge in [0.2, 0.25) is 5.95 Å². The molecule has 0 unspecified atom stereocenters. The molecule has 2 heterocycles. The first-order chi connectivity index (χ1) is 9.60. The highest BCUT2D eigenvalue weighted by atomic mass is 15.3. The van der Waals surface area contributed by atoms with Crippen molar-refractivity contribution in [2.45, 2.75) is 26.3 Å². The summed E-state index contributed by atoms with van der Waals surface area (Å²) in [5.41, 5.74) is 2.26. The number of nitrogens with one attached hydrogen (secondary N) is 1. The van der Waals surface area contributed by atoms with E-state index in [-0.39, 0.29) is 0 Å². The summed E-state index contributed by atoms with van der Waals surface area (Å²) >= 11 is 0. The third-order valence-corrected chi connectivity index (χ3v) is 3.96. The van der Waals surface area contributed by atoms with Crippen LogP contribution in [0.25, 0.3) is 0 Å². The zero-order valence-electron chi connectivity index (χ0n) is 13.2. The van der Waals surface area contributed by atoms with Crippen LogP contribution < -0.4 is 10.2 Å². The van der Waals surface area contributed by atoms with Crippen molar-refractivity contribution in [1.29, 1.82) is 0 Å². The van der Waals surface area contributed by atoms with Crippen molar-refractivity contribution < 1.29 is 0 Å². The summed E-state index contributed by atoms with van der Waals surface area (Å²) in [5, 5.41) is 3.15. The summed E-state index contributed by atoms with van der Waals surface area (Å²) in [6.45, 7) is 6.23. The van der Waals surface area contributed by atoms with Crippen LogP contribution in [0, 0.1) is 12.8 Å². The van der Waals surface area contributed by atoms with Crippen molar-refractivity contribution in [2.24, 2.45) is 5.92 Å². The number of aryl methyl sites for hydroxylation is 1. The first kappa shape index (κ1) is 15.2. The van der Waals surface area contributed by atoms with Crippen LogP contribution in [0.1, 0.15) is 24.1 Å². The van der Waals surface area contributed by atoms with Crippen LogP contribution in [0.5, 0.6) is 0 Å². The summed E-state index contributed by atoms with van der Waals surface area (Å²) in [6.07, 6.45) is 4.43. The average Bonchev–Trinajstić information content (AvgIpc) is 2.41. The lowest BCUT2D eigenvalue weighted by molar-refractivity contribution is 0.284. The molecule has 0 aliphatic carbocycles. The average molecular weight is 277 g/mol. The Kier molecular flexibility index (Phi) is 5.31. The minimum absolute atomic E-state index is 0.811. The fourth-order valence-electron chi connectivity index (χ4n) is 2.83. The second kappa shape index (κ2) is 6.99. The first-order valence-corrected chi connectivity index (χ1v) is 7.47. The monoisotopic (exact) mass is 277 g/mol. The maximum atomic E-state index is 4.67. The Morgan fingerprint density at radius 1 is 1.35 bits per heavy atom. The van der Waals surface area contributed by atoms with Crippen LogP contribution in [-0.4, -0.2) is 55.6 Å². The van der Waals surface area contributed by atoms with Crippen LogP contribution in [-0.2, 0) is 6.54 Å². The molecule has 1 aromatic rings. The molecule has 0 radical (unpaired) electrons. The van der Waals surface area contributed by atoms with E-state index in [2.05, 4.69) is 46.1 Å². The molecule has 0 saturated carbocycles. The van der Waals surface area contributed by atoms with Gasteiger partial charge in [0.25, 0.3) is 0 Å². The Bertz CT molecular complexity index is 424. The molecular formula is C15H27N5. The van der Waals surface area contributed by atoms with Gasteiger partial charge in [0.15, 0.2) is 0 Å². The van der Waals surface area contributed by atoms with Crippen molar-refractivity contribution in [2.75, 3.05) is 45.7 Å². The van der Waals surface area contributed by atoms with Gasteiger partial charge < -0.3 is 15.1 Å². The maximum absolute atomic E-state index is 4.67. The second-order valence-corrected chi connectivity index (χ2v) is 6.00. The van der Waals surface area contributed by atoms with Crippen LogP contribution in [0.4, 0.5) is 5.95 Å². The Morgan fingerprint density at radius 2 is 2.05 bits per heavy atom. The topological polar surface area (TPSA) is 44.3 Å². The quantitative estimate of drug-likeness (QED) is 0.878. The minimum Gasteiger partial charge on any atom is -0.341 e. The highest BCUT2D eigenvalue weighted by Crippen LogP contribution is 2.21. The van der Waals surface area contributed by atoms with Gasteiger partial charge in [0.1, 0.15) is 0 Å². The number of rotatable bonds is 5. The molecule has 1 aliphatic heterocycles. The third kappa shape index (κ3) is 3.90.